The highest BCUT2D eigenvalue weighted by Gasteiger charge is 2.32. The summed E-state index contributed by atoms with van der Waals surface area (Å²) in [6.45, 7) is 1.32. The van der Waals surface area contributed by atoms with Crippen molar-refractivity contribution in [1.29, 1.82) is 0 Å². The summed E-state index contributed by atoms with van der Waals surface area (Å²) in [4.78, 5) is 16.4. The highest BCUT2D eigenvalue weighted by atomic mass is 32.2. The fourth-order valence-corrected chi connectivity index (χ4v) is 6.31. The molecule has 37 heavy (non-hydrogen) atoms. The molecule has 0 aliphatic carbocycles. The van der Waals surface area contributed by atoms with Gasteiger partial charge in [-0.1, -0.05) is 12.1 Å². The van der Waals surface area contributed by atoms with Gasteiger partial charge >= 0.3 is 6.18 Å². The largest absolute Gasteiger partial charge is 0.416 e. The maximum Gasteiger partial charge on any atom is 0.416 e. The molecule has 5 rings (SSSR count). The van der Waals surface area contributed by atoms with E-state index in [4.69, 9.17) is 0 Å². The molecule has 0 saturated heterocycles. The van der Waals surface area contributed by atoms with Gasteiger partial charge in [0.1, 0.15) is 17.1 Å². The van der Waals surface area contributed by atoms with E-state index >= 15 is 0 Å². The van der Waals surface area contributed by atoms with Gasteiger partial charge in [-0.15, -0.1) is 0 Å². The zero-order chi connectivity index (χ0) is 26.5. The first kappa shape index (κ1) is 24.8. The Labute approximate surface area is 213 Å². The van der Waals surface area contributed by atoms with E-state index in [1.165, 1.54) is 53.1 Å². The van der Waals surface area contributed by atoms with Crippen LogP contribution in [0.4, 0.5) is 13.2 Å². The Kier molecular flexibility index (Phi) is 5.99. The maximum absolute atomic E-state index is 13.6. The first-order valence-corrected chi connectivity index (χ1v) is 13.2. The molecule has 3 aromatic heterocycles. The number of benzene rings is 2. The third-order valence-corrected chi connectivity index (χ3v) is 8.40. The van der Waals surface area contributed by atoms with Gasteiger partial charge in [0, 0.05) is 42.9 Å². The summed E-state index contributed by atoms with van der Waals surface area (Å²) < 4.78 is 73.3. The van der Waals surface area contributed by atoms with Crippen LogP contribution in [0.5, 0.6) is 0 Å². The van der Waals surface area contributed by atoms with Gasteiger partial charge in [-0.05, 0) is 47.4 Å². The van der Waals surface area contributed by atoms with E-state index in [0.29, 0.717) is 32.7 Å². The predicted molar refractivity (Wildman–Crippen MR) is 132 cm³/mol. The molecule has 0 amide bonds. The summed E-state index contributed by atoms with van der Waals surface area (Å²) in [5.41, 5.74) is 1.12. The van der Waals surface area contributed by atoms with Crippen molar-refractivity contribution in [3.05, 3.63) is 71.8 Å². The number of alkyl halides is 3. The minimum Gasteiger partial charge on any atom is -0.287 e. The number of fused-ring (bicyclic) bond motifs is 1. The number of hydrogen-bond donors (Lipinski definition) is 0. The summed E-state index contributed by atoms with van der Waals surface area (Å²) in [6.07, 6.45) is -0.296. The summed E-state index contributed by atoms with van der Waals surface area (Å²) in [5, 5.41) is 4.92. The molecule has 0 atom stereocenters. The van der Waals surface area contributed by atoms with Crippen molar-refractivity contribution in [3.8, 4) is 22.4 Å². The number of halogens is 3. The van der Waals surface area contributed by atoms with Gasteiger partial charge < -0.3 is 0 Å². The molecule has 0 unspecified atom stereocenters. The van der Waals surface area contributed by atoms with Gasteiger partial charge in [0.05, 0.1) is 21.7 Å². The van der Waals surface area contributed by atoms with Crippen LogP contribution in [0.25, 0.3) is 33.3 Å². The van der Waals surface area contributed by atoms with Gasteiger partial charge in [-0.3, -0.25) is 14.0 Å². The standard InChI is InChI=1S/C24H18F3N5O3S2/c1-14(33)32-11-20(17-5-3-15(24(25,26)27)9-19(17)21-7-8-29-31(21)2)18-6-4-16(10-22(18)32)37(34,35)12-23-28-13-30-36-23/h3-11,13H,12H2,1-2H3. The van der Waals surface area contributed by atoms with Crippen LogP contribution in [0.15, 0.2) is 66.1 Å². The third-order valence-electron chi connectivity index (χ3n) is 5.93. The molecule has 0 radical (unpaired) electrons. The summed E-state index contributed by atoms with van der Waals surface area (Å²) in [6, 6.07) is 9.34. The molecule has 0 aliphatic rings. The monoisotopic (exact) mass is 545 g/mol. The lowest BCUT2D eigenvalue weighted by molar-refractivity contribution is -0.137. The number of aryl methyl sites for hydroxylation is 1. The second-order valence-corrected chi connectivity index (χ2v) is 11.2. The average Bonchev–Trinajstić information content (AvgIpc) is 3.57. The van der Waals surface area contributed by atoms with Crippen molar-refractivity contribution >= 4 is 38.2 Å². The van der Waals surface area contributed by atoms with E-state index in [1.807, 2.05) is 0 Å². The van der Waals surface area contributed by atoms with Crippen molar-refractivity contribution < 1.29 is 26.4 Å². The molecule has 13 heteroatoms. The smallest absolute Gasteiger partial charge is 0.287 e. The first-order chi connectivity index (χ1) is 17.5. The quantitative estimate of drug-likeness (QED) is 0.301. The van der Waals surface area contributed by atoms with Crippen LogP contribution in [-0.2, 0) is 28.8 Å². The second kappa shape index (κ2) is 8.92. The van der Waals surface area contributed by atoms with Crippen molar-refractivity contribution in [1.82, 2.24) is 23.7 Å². The topological polar surface area (TPSA) is 99.7 Å². The van der Waals surface area contributed by atoms with Gasteiger partial charge in [0.2, 0.25) is 5.91 Å². The van der Waals surface area contributed by atoms with Crippen molar-refractivity contribution in [2.45, 2.75) is 23.7 Å². The summed E-state index contributed by atoms with van der Waals surface area (Å²) in [5.74, 6) is -0.732. The third kappa shape index (κ3) is 4.55. The normalized spacial score (nSPS) is 12.4. The Morgan fingerprint density at radius 2 is 1.84 bits per heavy atom. The molecule has 5 aromatic rings. The Balaban J connectivity index is 1.72. The van der Waals surface area contributed by atoms with Crippen LogP contribution >= 0.6 is 11.5 Å². The summed E-state index contributed by atoms with van der Waals surface area (Å²) in [7, 11) is -2.18. The molecule has 0 saturated carbocycles. The van der Waals surface area contributed by atoms with E-state index in [1.54, 1.807) is 19.2 Å². The summed E-state index contributed by atoms with van der Waals surface area (Å²) >= 11 is 0.975. The Bertz CT molecular complexity index is 1750. The SMILES string of the molecule is CC(=O)n1cc(-c2ccc(C(F)(F)F)cc2-c2ccnn2C)c2ccc(S(=O)(=O)Cc3ncns3)cc21. The molecule has 190 valence electrons. The molecular weight excluding hydrogens is 527 g/mol. The zero-order valence-corrected chi connectivity index (χ0v) is 21.0. The van der Waals surface area contributed by atoms with E-state index in [-0.39, 0.29) is 22.1 Å². The van der Waals surface area contributed by atoms with Crippen molar-refractivity contribution in [2.24, 2.45) is 7.05 Å². The van der Waals surface area contributed by atoms with E-state index in [2.05, 4.69) is 14.5 Å². The van der Waals surface area contributed by atoms with Gasteiger partial charge in [-0.25, -0.2) is 13.4 Å². The predicted octanol–water partition coefficient (Wildman–Crippen LogP) is 5.21. The lowest BCUT2D eigenvalue weighted by atomic mass is 9.95. The lowest BCUT2D eigenvalue weighted by Gasteiger charge is -2.14. The number of sulfone groups is 1. The Morgan fingerprint density at radius 1 is 1.05 bits per heavy atom. The van der Waals surface area contributed by atoms with Crippen LogP contribution < -0.4 is 0 Å². The molecule has 3 heterocycles. The van der Waals surface area contributed by atoms with Crippen molar-refractivity contribution in [3.63, 3.8) is 0 Å². The van der Waals surface area contributed by atoms with Crippen LogP contribution in [0, 0.1) is 0 Å². The van der Waals surface area contributed by atoms with Crippen LogP contribution in [-0.4, -0.2) is 38.0 Å². The van der Waals surface area contributed by atoms with Crippen molar-refractivity contribution in [2.75, 3.05) is 0 Å². The molecule has 0 aliphatic heterocycles. The van der Waals surface area contributed by atoms with E-state index in [0.717, 1.165) is 23.7 Å². The van der Waals surface area contributed by atoms with Gasteiger partial charge in [0.25, 0.3) is 0 Å². The highest BCUT2D eigenvalue weighted by Crippen LogP contribution is 2.41. The fraction of sp³-hybridized carbons (Fsp3) is 0.167. The highest BCUT2D eigenvalue weighted by molar-refractivity contribution is 7.90. The zero-order valence-electron chi connectivity index (χ0n) is 19.4. The Hall–Kier alpha value is -3.84. The number of rotatable bonds is 5. The Morgan fingerprint density at radius 3 is 2.46 bits per heavy atom. The first-order valence-electron chi connectivity index (χ1n) is 10.8. The average molecular weight is 546 g/mol. The van der Waals surface area contributed by atoms with E-state index in [9.17, 15) is 26.4 Å². The molecular formula is C24H18F3N5O3S2. The van der Waals surface area contributed by atoms with Crippen LogP contribution in [0.2, 0.25) is 0 Å². The number of hydrogen-bond acceptors (Lipinski definition) is 7. The number of aromatic nitrogens is 5. The fourth-order valence-electron chi connectivity index (χ4n) is 4.19. The molecule has 0 N–H and O–H groups in total. The van der Waals surface area contributed by atoms with E-state index < -0.39 is 21.6 Å². The molecule has 8 nitrogen and oxygen atoms in total. The molecule has 2 aromatic carbocycles. The minimum atomic E-state index is -4.56. The second-order valence-electron chi connectivity index (χ2n) is 8.30. The lowest BCUT2D eigenvalue weighted by Crippen LogP contribution is -2.07. The number of carbonyl (C=O) groups is 1. The van der Waals surface area contributed by atoms with Crippen LogP contribution in [0.1, 0.15) is 22.3 Å². The molecule has 0 fully saturated rings. The number of nitrogens with zero attached hydrogens (tertiary/aromatic N) is 5. The maximum atomic E-state index is 13.6. The molecule has 0 bridgehead atoms. The van der Waals surface area contributed by atoms with Gasteiger partial charge in [-0.2, -0.15) is 22.6 Å². The van der Waals surface area contributed by atoms with Crippen LogP contribution in [0.3, 0.4) is 0 Å². The minimum absolute atomic E-state index is 0.0124. The molecule has 0 spiro atoms. The number of carbonyl (C=O) groups excluding carboxylic acids is 1. The van der Waals surface area contributed by atoms with Gasteiger partial charge in [0.15, 0.2) is 9.84 Å².